The zero-order valence-electron chi connectivity index (χ0n) is 16.1. The molecule has 1 N–H and O–H groups in total. The zero-order valence-corrected chi connectivity index (χ0v) is 16.9. The van der Waals surface area contributed by atoms with E-state index < -0.39 is 0 Å². The second-order valence-electron chi connectivity index (χ2n) is 7.21. The summed E-state index contributed by atoms with van der Waals surface area (Å²) in [7, 11) is 0. The molecule has 1 aromatic carbocycles. The van der Waals surface area contributed by atoms with Crippen molar-refractivity contribution in [3.63, 3.8) is 0 Å². The second kappa shape index (κ2) is 7.63. The first-order chi connectivity index (χ1) is 14.0. The Labute approximate surface area is 174 Å². The monoisotopic (exact) mass is 407 g/mol. The molecule has 2 atom stereocenters. The lowest BCUT2D eigenvalue weighted by Crippen LogP contribution is -2.36. The van der Waals surface area contributed by atoms with Crippen LogP contribution in [-0.2, 0) is 0 Å². The third kappa shape index (κ3) is 3.47. The average molecular weight is 407 g/mol. The summed E-state index contributed by atoms with van der Waals surface area (Å²) >= 11 is 5.65. The van der Waals surface area contributed by atoms with Crippen molar-refractivity contribution >= 4 is 23.0 Å². The summed E-state index contributed by atoms with van der Waals surface area (Å²) in [4.78, 5) is 17.6. The maximum atomic E-state index is 11.2. The Bertz CT molecular complexity index is 1050. The third-order valence-corrected chi connectivity index (χ3v) is 5.42. The summed E-state index contributed by atoms with van der Waals surface area (Å²) in [6, 6.07) is 16.4. The Morgan fingerprint density at radius 3 is 2.69 bits per heavy atom. The van der Waals surface area contributed by atoms with E-state index in [0.29, 0.717) is 5.11 Å². The number of thiocarbonyl (C=S) groups is 1. The molecule has 0 spiro atoms. The number of benzene rings is 1. The molecule has 2 aromatic heterocycles. The molecule has 3 aromatic rings. The Morgan fingerprint density at radius 2 is 2.00 bits per heavy atom. The fraction of sp³-hybridized carbons (Fsp3) is 0.238. The van der Waals surface area contributed by atoms with Gasteiger partial charge in [0.15, 0.2) is 5.11 Å². The van der Waals surface area contributed by atoms with E-state index in [4.69, 9.17) is 12.2 Å². The van der Waals surface area contributed by atoms with Crippen LogP contribution in [0.25, 0.3) is 5.69 Å². The predicted molar refractivity (Wildman–Crippen MR) is 115 cm³/mol. The quantitative estimate of drug-likeness (QED) is 0.389. The SMILES string of the molecule is CC(C)N1C(=S)N[C@H](c2ccccn2)[C@H]1c1cccn1-c1cccc([N+](=O)[O-])c1. The maximum Gasteiger partial charge on any atom is 0.271 e. The van der Waals surface area contributed by atoms with Crippen LogP contribution in [0.15, 0.2) is 67.0 Å². The summed E-state index contributed by atoms with van der Waals surface area (Å²) in [6.45, 7) is 4.20. The van der Waals surface area contributed by atoms with E-state index in [2.05, 4.69) is 29.0 Å². The van der Waals surface area contributed by atoms with Gasteiger partial charge in [0, 0.05) is 36.3 Å². The number of hydrogen-bond donors (Lipinski definition) is 1. The van der Waals surface area contributed by atoms with E-state index >= 15 is 0 Å². The molecule has 1 aliphatic rings. The van der Waals surface area contributed by atoms with E-state index in [-0.39, 0.29) is 28.7 Å². The molecule has 0 radical (unpaired) electrons. The van der Waals surface area contributed by atoms with E-state index in [1.165, 1.54) is 6.07 Å². The number of nitro groups is 1. The van der Waals surface area contributed by atoms with Crippen molar-refractivity contribution in [2.45, 2.75) is 32.0 Å². The molecule has 0 bridgehead atoms. The lowest BCUT2D eigenvalue weighted by Gasteiger charge is -2.31. The van der Waals surface area contributed by atoms with Crippen LogP contribution in [0.1, 0.15) is 37.3 Å². The van der Waals surface area contributed by atoms with Crippen LogP contribution < -0.4 is 5.32 Å². The number of nitrogens with one attached hydrogen (secondary N) is 1. The second-order valence-corrected chi connectivity index (χ2v) is 7.59. The third-order valence-electron chi connectivity index (χ3n) is 5.09. The van der Waals surface area contributed by atoms with Gasteiger partial charge in [-0.05, 0) is 56.4 Å². The number of nitrogens with zero attached hydrogens (tertiary/aromatic N) is 4. The molecule has 7 nitrogen and oxygen atoms in total. The van der Waals surface area contributed by atoms with E-state index in [9.17, 15) is 10.1 Å². The maximum absolute atomic E-state index is 11.2. The topological polar surface area (TPSA) is 76.2 Å². The fourth-order valence-corrected chi connectivity index (χ4v) is 4.32. The molecule has 0 amide bonds. The van der Waals surface area contributed by atoms with Crippen LogP contribution >= 0.6 is 12.2 Å². The number of non-ortho nitro benzene ring substituents is 1. The van der Waals surface area contributed by atoms with Gasteiger partial charge in [0.25, 0.3) is 5.69 Å². The summed E-state index contributed by atoms with van der Waals surface area (Å²) in [5.41, 5.74) is 2.68. The molecule has 0 aliphatic carbocycles. The van der Waals surface area contributed by atoms with Crippen LogP contribution in [0, 0.1) is 10.1 Å². The Balaban J connectivity index is 1.83. The molecule has 3 heterocycles. The molecule has 8 heteroatoms. The van der Waals surface area contributed by atoms with Crippen molar-refractivity contribution < 1.29 is 4.92 Å². The van der Waals surface area contributed by atoms with Crippen molar-refractivity contribution in [3.8, 4) is 5.69 Å². The molecule has 148 valence electrons. The molecular weight excluding hydrogens is 386 g/mol. The van der Waals surface area contributed by atoms with Crippen molar-refractivity contribution in [1.82, 2.24) is 19.8 Å². The van der Waals surface area contributed by atoms with Crippen LogP contribution in [0.5, 0.6) is 0 Å². The zero-order chi connectivity index (χ0) is 20.5. The molecule has 1 aliphatic heterocycles. The number of hydrogen-bond acceptors (Lipinski definition) is 4. The van der Waals surface area contributed by atoms with Crippen LogP contribution in [0.3, 0.4) is 0 Å². The lowest BCUT2D eigenvalue weighted by molar-refractivity contribution is -0.384. The predicted octanol–water partition coefficient (Wildman–Crippen LogP) is 4.16. The minimum atomic E-state index is -0.379. The standard InChI is InChI=1S/C21H21N5O2S/c1-14(2)25-20(19(23-21(25)29)17-9-3-4-11-22-17)18-10-6-12-24(18)15-7-5-8-16(13-15)26(27)28/h3-14,19-20H,1-2H3,(H,23,29)/t19-,20-/m1/s1. The molecular formula is C21H21N5O2S. The van der Waals surface area contributed by atoms with Gasteiger partial charge in [0.2, 0.25) is 0 Å². The van der Waals surface area contributed by atoms with Crippen molar-refractivity contribution in [2.75, 3.05) is 0 Å². The first-order valence-corrected chi connectivity index (χ1v) is 9.80. The highest BCUT2D eigenvalue weighted by Crippen LogP contribution is 2.40. The van der Waals surface area contributed by atoms with Crippen LogP contribution in [0.2, 0.25) is 0 Å². The number of aromatic nitrogens is 2. The Kier molecular flexibility index (Phi) is 5.02. The summed E-state index contributed by atoms with van der Waals surface area (Å²) in [5.74, 6) is 0. The minimum absolute atomic E-state index is 0.0595. The van der Waals surface area contributed by atoms with Gasteiger partial charge < -0.3 is 14.8 Å². The van der Waals surface area contributed by atoms with Crippen molar-refractivity contribution in [1.29, 1.82) is 0 Å². The summed E-state index contributed by atoms with van der Waals surface area (Å²) in [5, 5.41) is 15.3. The highest BCUT2D eigenvalue weighted by Gasteiger charge is 2.42. The summed E-state index contributed by atoms with van der Waals surface area (Å²) in [6.07, 6.45) is 3.69. The Morgan fingerprint density at radius 1 is 1.17 bits per heavy atom. The van der Waals surface area contributed by atoms with Gasteiger partial charge >= 0.3 is 0 Å². The molecule has 4 rings (SSSR count). The first-order valence-electron chi connectivity index (χ1n) is 9.39. The highest BCUT2D eigenvalue weighted by atomic mass is 32.1. The highest BCUT2D eigenvalue weighted by molar-refractivity contribution is 7.80. The van der Waals surface area contributed by atoms with Gasteiger partial charge in [-0.1, -0.05) is 12.1 Å². The fourth-order valence-electron chi connectivity index (χ4n) is 3.86. The number of pyridine rings is 1. The molecule has 29 heavy (non-hydrogen) atoms. The molecule has 1 saturated heterocycles. The van der Waals surface area contributed by atoms with Gasteiger partial charge in [0.1, 0.15) is 0 Å². The van der Waals surface area contributed by atoms with Gasteiger partial charge in [0.05, 0.1) is 28.4 Å². The van der Waals surface area contributed by atoms with Crippen LogP contribution in [-0.4, -0.2) is 30.5 Å². The number of rotatable bonds is 5. The Hall–Kier alpha value is -3.26. The van der Waals surface area contributed by atoms with Crippen molar-refractivity contribution in [3.05, 3.63) is 88.5 Å². The van der Waals surface area contributed by atoms with Gasteiger partial charge in [-0.2, -0.15) is 0 Å². The van der Waals surface area contributed by atoms with Gasteiger partial charge in [-0.15, -0.1) is 0 Å². The van der Waals surface area contributed by atoms with E-state index in [1.54, 1.807) is 18.3 Å². The van der Waals surface area contributed by atoms with E-state index in [1.807, 2.05) is 47.2 Å². The van der Waals surface area contributed by atoms with E-state index in [0.717, 1.165) is 17.1 Å². The molecule has 1 fully saturated rings. The summed E-state index contributed by atoms with van der Waals surface area (Å²) < 4.78 is 1.98. The largest absolute Gasteiger partial charge is 0.352 e. The first kappa shape index (κ1) is 19.1. The van der Waals surface area contributed by atoms with Crippen LogP contribution in [0.4, 0.5) is 5.69 Å². The normalized spacial score (nSPS) is 18.9. The van der Waals surface area contributed by atoms with Crippen molar-refractivity contribution in [2.24, 2.45) is 0 Å². The number of nitro benzene ring substituents is 1. The molecule has 0 unspecified atom stereocenters. The average Bonchev–Trinajstić information content (AvgIpc) is 3.32. The lowest BCUT2D eigenvalue weighted by atomic mass is 10.0. The van der Waals surface area contributed by atoms with Gasteiger partial charge in [-0.3, -0.25) is 15.1 Å². The molecule has 0 saturated carbocycles. The van der Waals surface area contributed by atoms with Gasteiger partial charge in [-0.25, -0.2) is 0 Å². The minimum Gasteiger partial charge on any atom is -0.352 e. The smallest absolute Gasteiger partial charge is 0.271 e.